The fourth-order valence-corrected chi connectivity index (χ4v) is 2.00. The van der Waals surface area contributed by atoms with E-state index in [2.05, 4.69) is 4.98 Å². The standard InChI is InChI=1S/C13H14F3NO2/c1-2-19-12(8-3-4-8)11(18)9-7-17-6-5-10(9)13(14,15)16/h5-8,12H,2-4H2,1H3. The van der Waals surface area contributed by atoms with Crippen LogP contribution in [-0.2, 0) is 10.9 Å². The molecule has 6 heteroatoms. The normalized spacial score (nSPS) is 17.3. The van der Waals surface area contributed by atoms with E-state index < -0.39 is 29.2 Å². The number of carbonyl (C=O) groups excluding carboxylic acids is 1. The third-order valence-electron chi connectivity index (χ3n) is 3.05. The van der Waals surface area contributed by atoms with Crippen LogP contribution in [0.1, 0.15) is 35.7 Å². The predicted octanol–water partition coefficient (Wildman–Crippen LogP) is 3.10. The number of alkyl halides is 3. The van der Waals surface area contributed by atoms with Crippen molar-refractivity contribution >= 4 is 5.78 Å². The minimum Gasteiger partial charge on any atom is -0.370 e. The van der Waals surface area contributed by atoms with E-state index in [4.69, 9.17) is 4.74 Å². The first-order valence-electron chi connectivity index (χ1n) is 6.12. The van der Waals surface area contributed by atoms with E-state index in [1.807, 2.05) is 0 Å². The van der Waals surface area contributed by atoms with Gasteiger partial charge in [0.2, 0.25) is 0 Å². The van der Waals surface area contributed by atoms with Gasteiger partial charge >= 0.3 is 6.18 Å². The number of aromatic nitrogens is 1. The molecule has 1 aliphatic rings. The third kappa shape index (κ3) is 3.12. The lowest BCUT2D eigenvalue weighted by molar-refractivity contribution is -0.138. The van der Waals surface area contributed by atoms with E-state index in [0.29, 0.717) is 6.61 Å². The van der Waals surface area contributed by atoms with Crippen molar-refractivity contribution in [2.45, 2.75) is 32.0 Å². The highest BCUT2D eigenvalue weighted by atomic mass is 19.4. The molecule has 1 saturated carbocycles. The molecule has 1 atom stereocenters. The molecule has 0 aromatic carbocycles. The van der Waals surface area contributed by atoms with Crippen molar-refractivity contribution in [3.8, 4) is 0 Å². The van der Waals surface area contributed by atoms with Crippen molar-refractivity contribution in [3.63, 3.8) is 0 Å². The second-order valence-corrected chi connectivity index (χ2v) is 4.50. The van der Waals surface area contributed by atoms with Crippen LogP contribution in [0.15, 0.2) is 18.5 Å². The highest BCUT2D eigenvalue weighted by Gasteiger charge is 2.41. The Bertz CT molecular complexity index is 469. The summed E-state index contributed by atoms with van der Waals surface area (Å²) in [6.07, 6.45) is -1.70. The summed E-state index contributed by atoms with van der Waals surface area (Å²) in [5.74, 6) is -0.585. The van der Waals surface area contributed by atoms with Gasteiger partial charge < -0.3 is 4.74 Å². The number of carbonyl (C=O) groups is 1. The van der Waals surface area contributed by atoms with Crippen LogP contribution in [0.5, 0.6) is 0 Å². The molecule has 0 N–H and O–H groups in total. The largest absolute Gasteiger partial charge is 0.417 e. The number of nitrogens with zero attached hydrogens (tertiary/aromatic N) is 1. The first-order valence-corrected chi connectivity index (χ1v) is 6.12. The molecule has 104 valence electrons. The fourth-order valence-electron chi connectivity index (χ4n) is 2.00. The smallest absolute Gasteiger partial charge is 0.370 e. The quantitative estimate of drug-likeness (QED) is 0.774. The molecule has 1 heterocycles. The molecule has 0 saturated heterocycles. The minimum atomic E-state index is -4.56. The summed E-state index contributed by atoms with van der Waals surface area (Å²) in [7, 11) is 0. The molecule has 0 aliphatic heterocycles. The van der Waals surface area contributed by atoms with Crippen LogP contribution in [0.2, 0.25) is 0 Å². The van der Waals surface area contributed by atoms with Crippen molar-refractivity contribution in [3.05, 3.63) is 29.6 Å². The predicted molar refractivity (Wildman–Crippen MR) is 61.7 cm³/mol. The Kier molecular flexibility index (Phi) is 3.89. The van der Waals surface area contributed by atoms with Gasteiger partial charge in [-0.2, -0.15) is 13.2 Å². The number of ether oxygens (including phenoxy) is 1. The number of halogens is 3. The van der Waals surface area contributed by atoms with E-state index in [9.17, 15) is 18.0 Å². The van der Waals surface area contributed by atoms with Gasteiger partial charge in [0.15, 0.2) is 5.78 Å². The molecular weight excluding hydrogens is 259 g/mol. The van der Waals surface area contributed by atoms with Gasteiger partial charge in [-0.05, 0) is 31.7 Å². The van der Waals surface area contributed by atoms with Gasteiger partial charge in [0.1, 0.15) is 6.10 Å². The number of pyridine rings is 1. The van der Waals surface area contributed by atoms with Gasteiger partial charge in [-0.1, -0.05) is 0 Å². The Morgan fingerprint density at radius 3 is 2.74 bits per heavy atom. The van der Waals surface area contributed by atoms with Crippen LogP contribution >= 0.6 is 0 Å². The highest BCUT2D eigenvalue weighted by molar-refractivity contribution is 6.01. The Balaban J connectivity index is 2.32. The zero-order chi connectivity index (χ0) is 14.0. The van der Waals surface area contributed by atoms with Crippen molar-refractivity contribution < 1.29 is 22.7 Å². The first kappa shape index (κ1) is 14.0. The first-order chi connectivity index (χ1) is 8.95. The molecule has 1 aliphatic carbocycles. The lowest BCUT2D eigenvalue weighted by Gasteiger charge is -2.17. The van der Waals surface area contributed by atoms with Gasteiger partial charge in [-0.15, -0.1) is 0 Å². The molecule has 0 spiro atoms. The summed E-state index contributed by atoms with van der Waals surface area (Å²) < 4.78 is 43.9. The second-order valence-electron chi connectivity index (χ2n) is 4.50. The van der Waals surface area contributed by atoms with Gasteiger partial charge in [0, 0.05) is 19.0 Å². The monoisotopic (exact) mass is 273 g/mol. The van der Waals surface area contributed by atoms with E-state index >= 15 is 0 Å². The van der Waals surface area contributed by atoms with Crippen LogP contribution in [0.4, 0.5) is 13.2 Å². The molecule has 1 fully saturated rings. The maximum Gasteiger partial charge on any atom is 0.417 e. The highest BCUT2D eigenvalue weighted by Crippen LogP contribution is 2.38. The zero-order valence-corrected chi connectivity index (χ0v) is 10.4. The topological polar surface area (TPSA) is 39.2 Å². The number of hydrogen-bond donors (Lipinski definition) is 0. The van der Waals surface area contributed by atoms with E-state index in [0.717, 1.165) is 31.3 Å². The summed E-state index contributed by atoms with van der Waals surface area (Å²) in [5, 5.41) is 0. The van der Waals surface area contributed by atoms with E-state index in [1.165, 1.54) is 0 Å². The SMILES string of the molecule is CCOC(C(=O)c1cnccc1C(F)(F)F)C1CC1. The van der Waals surface area contributed by atoms with E-state index in [-0.39, 0.29) is 5.92 Å². The summed E-state index contributed by atoms with van der Waals surface area (Å²) in [6.45, 7) is 2.02. The molecule has 1 unspecified atom stereocenters. The van der Waals surface area contributed by atoms with Crippen LogP contribution in [0.25, 0.3) is 0 Å². The number of ketones is 1. The lowest BCUT2D eigenvalue weighted by atomic mass is 9.99. The second kappa shape index (κ2) is 5.28. The molecular formula is C13H14F3NO2. The molecule has 2 rings (SSSR count). The summed E-state index contributed by atoms with van der Waals surface area (Å²) in [5.41, 5.74) is -1.35. The molecule has 19 heavy (non-hydrogen) atoms. The number of hydrogen-bond acceptors (Lipinski definition) is 3. The van der Waals surface area contributed by atoms with Crippen LogP contribution in [0.3, 0.4) is 0 Å². The Hall–Kier alpha value is -1.43. The average molecular weight is 273 g/mol. The molecule has 0 amide bonds. The summed E-state index contributed by atoms with van der Waals surface area (Å²) in [6, 6.07) is 0.823. The fraction of sp³-hybridized carbons (Fsp3) is 0.538. The summed E-state index contributed by atoms with van der Waals surface area (Å²) >= 11 is 0. The van der Waals surface area contributed by atoms with Crippen molar-refractivity contribution in [1.29, 1.82) is 0 Å². The number of rotatable bonds is 5. The molecule has 1 aromatic heterocycles. The van der Waals surface area contributed by atoms with Crippen LogP contribution in [-0.4, -0.2) is 23.5 Å². The lowest BCUT2D eigenvalue weighted by Crippen LogP contribution is -2.29. The molecule has 0 bridgehead atoms. The Labute approximate surface area is 108 Å². The minimum absolute atomic E-state index is 0.0359. The maximum atomic E-state index is 12.9. The van der Waals surface area contributed by atoms with Gasteiger partial charge in [-0.3, -0.25) is 9.78 Å². The molecule has 3 nitrogen and oxygen atoms in total. The van der Waals surface area contributed by atoms with Crippen LogP contribution in [0, 0.1) is 5.92 Å². The van der Waals surface area contributed by atoms with Crippen molar-refractivity contribution in [2.24, 2.45) is 5.92 Å². The molecule has 1 aromatic rings. The summed E-state index contributed by atoms with van der Waals surface area (Å²) in [4.78, 5) is 15.8. The van der Waals surface area contributed by atoms with Gasteiger partial charge in [0.25, 0.3) is 0 Å². The average Bonchev–Trinajstić information content (AvgIpc) is 3.18. The Morgan fingerprint density at radius 2 is 2.21 bits per heavy atom. The molecule has 0 radical (unpaired) electrons. The van der Waals surface area contributed by atoms with Crippen LogP contribution < -0.4 is 0 Å². The number of Topliss-reactive ketones (excluding diaryl/α,β-unsaturated/α-hetero) is 1. The van der Waals surface area contributed by atoms with E-state index in [1.54, 1.807) is 6.92 Å². The van der Waals surface area contributed by atoms with Gasteiger partial charge in [0.05, 0.1) is 11.1 Å². The van der Waals surface area contributed by atoms with Gasteiger partial charge in [-0.25, -0.2) is 0 Å². The maximum absolute atomic E-state index is 12.9. The Morgan fingerprint density at radius 1 is 1.53 bits per heavy atom. The van der Waals surface area contributed by atoms with Crippen molar-refractivity contribution in [1.82, 2.24) is 4.98 Å². The zero-order valence-electron chi connectivity index (χ0n) is 10.4. The van der Waals surface area contributed by atoms with Crippen molar-refractivity contribution in [2.75, 3.05) is 6.61 Å². The third-order valence-corrected chi connectivity index (χ3v) is 3.05.